The third-order valence-electron chi connectivity index (χ3n) is 2.08. The smallest absolute Gasteiger partial charge is 0.147 e. The van der Waals surface area contributed by atoms with Crippen LogP contribution < -0.4 is 4.90 Å². The molecule has 1 heterocycles. The fraction of sp³-hybridized carbons (Fsp3) is 0.636. The first-order valence-corrected chi connectivity index (χ1v) is 5.31. The van der Waals surface area contributed by atoms with E-state index in [1.807, 2.05) is 19.3 Å². The van der Waals surface area contributed by atoms with Gasteiger partial charge in [0.15, 0.2) is 0 Å². The van der Waals surface area contributed by atoms with Gasteiger partial charge in [-0.05, 0) is 19.8 Å². The first-order chi connectivity index (χ1) is 6.77. The molecule has 1 aromatic heterocycles. The third kappa shape index (κ3) is 2.98. The molecule has 1 aromatic rings. The monoisotopic (exact) mass is 193 g/mol. The fourth-order valence-corrected chi connectivity index (χ4v) is 1.43. The molecule has 0 amide bonds. The molecule has 0 saturated heterocycles. The minimum atomic E-state index is 0.974. The minimum absolute atomic E-state index is 0.974. The molecule has 0 aromatic carbocycles. The van der Waals surface area contributed by atoms with Crippen molar-refractivity contribution in [1.82, 2.24) is 9.97 Å². The predicted molar refractivity (Wildman–Crippen MR) is 59.6 cm³/mol. The molecule has 0 bridgehead atoms. The Balaban J connectivity index is 2.71. The van der Waals surface area contributed by atoms with Crippen LogP contribution in [-0.4, -0.2) is 23.1 Å². The zero-order chi connectivity index (χ0) is 10.4. The van der Waals surface area contributed by atoms with E-state index in [1.165, 1.54) is 0 Å². The number of aromatic nitrogens is 2. The van der Waals surface area contributed by atoms with E-state index >= 15 is 0 Å². The lowest BCUT2D eigenvalue weighted by Gasteiger charge is -2.21. The summed E-state index contributed by atoms with van der Waals surface area (Å²) in [4.78, 5) is 10.9. The van der Waals surface area contributed by atoms with Crippen LogP contribution >= 0.6 is 0 Å². The molecule has 0 atom stereocenters. The van der Waals surface area contributed by atoms with Crippen molar-refractivity contribution < 1.29 is 0 Å². The highest BCUT2D eigenvalue weighted by atomic mass is 15.2. The lowest BCUT2D eigenvalue weighted by Crippen LogP contribution is -2.25. The van der Waals surface area contributed by atoms with E-state index in [0.717, 1.165) is 37.4 Å². The third-order valence-corrected chi connectivity index (χ3v) is 2.08. The van der Waals surface area contributed by atoms with Crippen LogP contribution in [0, 0.1) is 6.92 Å². The zero-order valence-corrected chi connectivity index (χ0v) is 9.32. The summed E-state index contributed by atoms with van der Waals surface area (Å²) in [6, 6.07) is 0. The van der Waals surface area contributed by atoms with Crippen molar-refractivity contribution in [2.45, 2.75) is 33.6 Å². The molecule has 0 spiro atoms. The van der Waals surface area contributed by atoms with Crippen molar-refractivity contribution in [1.29, 1.82) is 0 Å². The van der Waals surface area contributed by atoms with E-state index in [4.69, 9.17) is 0 Å². The maximum atomic E-state index is 4.38. The van der Waals surface area contributed by atoms with Crippen LogP contribution in [0.4, 0.5) is 5.82 Å². The van der Waals surface area contributed by atoms with Crippen molar-refractivity contribution in [2.24, 2.45) is 0 Å². The van der Waals surface area contributed by atoms with Gasteiger partial charge in [0.25, 0.3) is 0 Å². The fourth-order valence-electron chi connectivity index (χ4n) is 1.43. The van der Waals surface area contributed by atoms with Crippen molar-refractivity contribution in [3.8, 4) is 0 Å². The number of hydrogen-bond donors (Lipinski definition) is 0. The molecule has 1 rings (SSSR count). The SMILES string of the molecule is CCCN(CCC)c1cnc(C)cn1. The number of hydrogen-bond acceptors (Lipinski definition) is 3. The normalized spacial score (nSPS) is 10.2. The van der Waals surface area contributed by atoms with Gasteiger partial charge in [-0.3, -0.25) is 4.98 Å². The summed E-state index contributed by atoms with van der Waals surface area (Å²) in [5.41, 5.74) is 0.974. The summed E-state index contributed by atoms with van der Waals surface area (Å²) in [6.07, 6.45) is 5.99. The number of anilines is 1. The number of aryl methyl sites for hydroxylation is 1. The predicted octanol–water partition coefficient (Wildman–Crippen LogP) is 2.41. The largest absolute Gasteiger partial charge is 0.355 e. The van der Waals surface area contributed by atoms with Crippen LogP contribution in [0.5, 0.6) is 0 Å². The van der Waals surface area contributed by atoms with Gasteiger partial charge < -0.3 is 4.90 Å². The quantitative estimate of drug-likeness (QED) is 0.719. The molecule has 0 aliphatic rings. The van der Waals surface area contributed by atoms with Gasteiger partial charge in [-0.15, -0.1) is 0 Å². The Morgan fingerprint density at radius 3 is 2.14 bits per heavy atom. The Bertz CT molecular complexity index is 250. The first kappa shape index (κ1) is 11.0. The zero-order valence-electron chi connectivity index (χ0n) is 9.32. The second-order valence-electron chi connectivity index (χ2n) is 3.50. The van der Waals surface area contributed by atoms with Crippen molar-refractivity contribution >= 4 is 5.82 Å². The van der Waals surface area contributed by atoms with Crippen molar-refractivity contribution in [2.75, 3.05) is 18.0 Å². The Kier molecular flexibility index (Phi) is 4.36. The molecule has 0 fully saturated rings. The van der Waals surface area contributed by atoms with Gasteiger partial charge in [-0.25, -0.2) is 4.98 Å². The van der Waals surface area contributed by atoms with Crippen LogP contribution in [0.15, 0.2) is 12.4 Å². The van der Waals surface area contributed by atoms with Gasteiger partial charge in [0.05, 0.1) is 18.1 Å². The molecular weight excluding hydrogens is 174 g/mol. The summed E-state index contributed by atoms with van der Waals surface area (Å²) in [5, 5.41) is 0. The number of rotatable bonds is 5. The lowest BCUT2D eigenvalue weighted by molar-refractivity contribution is 0.731. The molecule has 0 aliphatic carbocycles. The summed E-state index contributed by atoms with van der Waals surface area (Å²) < 4.78 is 0. The van der Waals surface area contributed by atoms with Crippen LogP contribution in [0.25, 0.3) is 0 Å². The van der Waals surface area contributed by atoms with Gasteiger partial charge in [-0.1, -0.05) is 13.8 Å². The van der Waals surface area contributed by atoms with Crippen molar-refractivity contribution in [3.63, 3.8) is 0 Å². The van der Waals surface area contributed by atoms with Crippen LogP contribution in [0.2, 0.25) is 0 Å². The van der Waals surface area contributed by atoms with E-state index in [-0.39, 0.29) is 0 Å². The van der Waals surface area contributed by atoms with Crippen molar-refractivity contribution in [3.05, 3.63) is 18.1 Å². The standard InChI is InChI=1S/C11H19N3/c1-4-6-14(7-5-2)11-9-12-10(3)8-13-11/h8-9H,4-7H2,1-3H3. The summed E-state index contributed by atoms with van der Waals surface area (Å²) in [6.45, 7) is 8.45. The molecule has 0 radical (unpaired) electrons. The highest BCUT2D eigenvalue weighted by Crippen LogP contribution is 2.09. The average molecular weight is 193 g/mol. The van der Waals surface area contributed by atoms with E-state index in [0.29, 0.717) is 0 Å². The second-order valence-corrected chi connectivity index (χ2v) is 3.50. The molecule has 0 saturated carbocycles. The maximum absolute atomic E-state index is 4.38. The van der Waals surface area contributed by atoms with E-state index in [1.54, 1.807) is 0 Å². The highest BCUT2D eigenvalue weighted by molar-refractivity contribution is 5.35. The highest BCUT2D eigenvalue weighted by Gasteiger charge is 2.05. The van der Waals surface area contributed by atoms with Gasteiger partial charge in [0.1, 0.15) is 5.82 Å². The summed E-state index contributed by atoms with van der Waals surface area (Å²) >= 11 is 0. The molecule has 14 heavy (non-hydrogen) atoms. The Hall–Kier alpha value is -1.12. The van der Waals surface area contributed by atoms with Gasteiger partial charge in [0.2, 0.25) is 0 Å². The Morgan fingerprint density at radius 2 is 1.71 bits per heavy atom. The maximum Gasteiger partial charge on any atom is 0.147 e. The molecule has 0 aliphatic heterocycles. The molecule has 0 N–H and O–H groups in total. The molecule has 3 nitrogen and oxygen atoms in total. The van der Waals surface area contributed by atoms with E-state index < -0.39 is 0 Å². The minimum Gasteiger partial charge on any atom is -0.355 e. The molecular formula is C11H19N3. The lowest BCUT2D eigenvalue weighted by atomic mass is 10.3. The van der Waals surface area contributed by atoms with E-state index in [9.17, 15) is 0 Å². The van der Waals surface area contributed by atoms with Gasteiger partial charge >= 0.3 is 0 Å². The molecule has 78 valence electrons. The second kappa shape index (κ2) is 5.58. The topological polar surface area (TPSA) is 29.0 Å². The van der Waals surface area contributed by atoms with Gasteiger partial charge in [0, 0.05) is 13.1 Å². The Labute approximate surface area is 86.2 Å². The average Bonchev–Trinajstić information content (AvgIpc) is 2.19. The van der Waals surface area contributed by atoms with Crippen LogP contribution in [0.3, 0.4) is 0 Å². The summed E-state index contributed by atoms with van der Waals surface area (Å²) in [5.74, 6) is 0.999. The number of nitrogens with zero attached hydrogens (tertiary/aromatic N) is 3. The Morgan fingerprint density at radius 1 is 1.07 bits per heavy atom. The van der Waals surface area contributed by atoms with Crippen LogP contribution in [-0.2, 0) is 0 Å². The van der Waals surface area contributed by atoms with Crippen LogP contribution in [0.1, 0.15) is 32.4 Å². The van der Waals surface area contributed by atoms with Gasteiger partial charge in [-0.2, -0.15) is 0 Å². The molecule has 3 heteroatoms. The summed E-state index contributed by atoms with van der Waals surface area (Å²) in [7, 11) is 0. The first-order valence-electron chi connectivity index (χ1n) is 5.31. The molecule has 0 unspecified atom stereocenters. The van der Waals surface area contributed by atoms with E-state index in [2.05, 4.69) is 28.7 Å².